The average Bonchev–Trinajstić information content (AvgIpc) is 3.23. The SMILES string of the molecule is O=C(O)c1ccc2oc(-c3ccc(N4CCCC4)nc3)nc2c1. The number of rotatable bonds is 3. The smallest absolute Gasteiger partial charge is 0.335 e. The van der Waals surface area contributed by atoms with E-state index in [2.05, 4.69) is 14.9 Å². The van der Waals surface area contributed by atoms with Crippen LogP contribution in [0, 0.1) is 0 Å². The molecule has 1 saturated heterocycles. The Bertz CT molecular complexity index is 864. The first-order valence-corrected chi connectivity index (χ1v) is 7.56. The van der Waals surface area contributed by atoms with Crippen molar-refractivity contribution in [2.24, 2.45) is 0 Å². The number of hydrogen-bond acceptors (Lipinski definition) is 5. The number of nitrogens with zero attached hydrogens (tertiary/aromatic N) is 3. The van der Waals surface area contributed by atoms with E-state index in [1.54, 1.807) is 12.3 Å². The van der Waals surface area contributed by atoms with E-state index in [1.807, 2.05) is 12.1 Å². The van der Waals surface area contributed by atoms with Gasteiger partial charge in [-0.3, -0.25) is 0 Å². The molecule has 116 valence electrons. The number of carboxylic acid groups (broad SMARTS) is 1. The summed E-state index contributed by atoms with van der Waals surface area (Å²) in [5.41, 5.74) is 2.07. The number of anilines is 1. The molecule has 6 heteroatoms. The molecule has 0 spiro atoms. The molecule has 23 heavy (non-hydrogen) atoms. The molecule has 0 atom stereocenters. The number of benzene rings is 1. The second-order valence-corrected chi connectivity index (χ2v) is 5.61. The maximum Gasteiger partial charge on any atom is 0.335 e. The Morgan fingerprint density at radius 3 is 2.70 bits per heavy atom. The van der Waals surface area contributed by atoms with Crippen molar-refractivity contribution in [1.29, 1.82) is 0 Å². The zero-order chi connectivity index (χ0) is 15.8. The minimum atomic E-state index is -0.979. The van der Waals surface area contributed by atoms with Crippen LogP contribution in [0.5, 0.6) is 0 Å². The highest BCUT2D eigenvalue weighted by Crippen LogP contribution is 2.26. The van der Waals surface area contributed by atoms with Gasteiger partial charge in [-0.15, -0.1) is 0 Å². The van der Waals surface area contributed by atoms with Gasteiger partial charge in [0.1, 0.15) is 11.3 Å². The van der Waals surface area contributed by atoms with Gasteiger partial charge in [-0.25, -0.2) is 14.8 Å². The van der Waals surface area contributed by atoms with Crippen molar-refractivity contribution in [2.45, 2.75) is 12.8 Å². The molecular weight excluding hydrogens is 294 g/mol. The number of carbonyl (C=O) groups is 1. The zero-order valence-electron chi connectivity index (χ0n) is 12.4. The average molecular weight is 309 g/mol. The maximum atomic E-state index is 11.0. The third-order valence-corrected chi connectivity index (χ3v) is 4.06. The second kappa shape index (κ2) is 5.39. The van der Waals surface area contributed by atoms with Crippen LogP contribution in [0.3, 0.4) is 0 Å². The molecule has 1 N–H and O–H groups in total. The second-order valence-electron chi connectivity index (χ2n) is 5.61. The van der Waals surface area contributed by atoms with E-state index in [0.717, 1.165) is 24.5 Å². The van der Waals surface area contributed by atoms with Crippen LogP contribution in [0.2, 0.25) is 0 Å². The summed E-state index contributed by atoms with van der Waals surface area (Å²) in [7, 11) is 0. The van der Waals surface area contributed by atoms with Gasteiger partial charge in [0.15, 0.2) is 5.58 Å². The molecule has 0 radical (unpaired) electrons. The predicted octanol–water partition coefficient (Wildman–Crippen LogP) is 3.19. The highest BCUT2D eigenvalue weighted by atomic mass is 16.4. The third kappa shape index (κ3) is 2.52. The van der Waals surface area contributed by atoms with E-state index in [9.17, 15) is 4.79 Å². The number of carboxylic acids is 1. The Morgan fingerprint density at radius 2 is 2.00 bits per heavy atom. The molecule has 3 heterocycles. The van der Waals surface area contributed by atoms with Gasteiger partial charge in [-0.1, -0.05) is 0 Å². The van der Waals surface area contributed by atoms with Gasteiger partial charge in [-0.05, 0) is 43.2 Å². The van der Waals surface area contributed by atoms with Crippen molar-refractivity contribution in [1.82, 2.24) is 9.97 Å². The molecule has 0 bridgehead atoms. The molecule has 1 fully saturated rings. The number of pyridine rings is 1. The van der Waals surface area contributed by atoms with E-state index in [4.69, 9.17) is 9.52 Å². The summed E-state index contributed by atoms with van der Waals surface area (Å²) >= 11 is 0. The topological polar surface area (TPSA) is 79.5 Å². The lowest BCUT2D eigenvalue weighted by Gasteiger charge is -2.15. The lowest BCUT2D eigenvalue weighted by Crippen LogP contribution is -2.18. The number of aromatic nitrogens is 2. The van der Waals surface area contributed by atoms with Crippen LogP contribution in [0.15, 0.2) is 40.9 Å². The van der Waals surface area contributed by atoms with Crippen molar-refractivity contribution < 1.29 is 14.3 Å². The van der Waals surface area contributed by atoms with Crippen molar-refractivity contribution in [2.75, 3.05) is 18.0 Å². The summed E-state index contributed by atoms with van der Waals surface area (Å²) in [6.07, 6.45) is 4.16. The lowest BCUT2D eigenvalue weighted by atomic mass is 10.2. The van der Waals surface area contributed by atoms with Gasteiger partial charge in [0, 0.05) is 19.3 Å². The van der Waals surface area contributed by atoms with Crippen LogP contribution >= 0.6 is 0 Å². The molecule has 4 rings (SSSR count). The van der Waals surface area contributed by atoms with Crippen LogP contribution < -0.4 is 4.90 Å². The van der Waals surface area contributed by atoms with E-state index >= 15 is 0 Å². The Hall–Kier alpha value is -2.89. The molecule has 0 unspecified atom stereocenters. The summed E-state index contributed by atoms with van der Waals surface area (Å²) < 4.78 is 5.70. The zero-order valence-corrected chi connectivity index (χ0v) is 12.4. The number of hydrogen-bond donors (Lipinski definition) is 1. The van der Waals surface area contributed by atoms with Gasteiger partial charge < -0.3 is 14.4 Å². The molecular formula is C17H15N3O3. The summed E-state index contributed by atoms with van der Waals surface area (Å²) in [4.78, 5) is 22.1. The van der Waals surface area contributed by atoms with Crippen LogP contribution in [-0.4, -0.2) is 34.1 Å². The van der Waals surface area contributed by atoms with E-state index in [0.29, 0.717) is 17.0 Å². The Kier molecular flexibility index (Phi) is 3.22. The van der Waals surface area contributed by atoms with Crippen LogP contribution in [-0.2, 0) is 0 Å². The summed E-state index contributed by atoms with van der Waals surface area (Å²) in [6, 6.07) is 8.55. The molecule has 0 aliphatic carbocycles. The standard InChI is InChI=1S/C17H15N3O3/c21-17(22)11-3-5-14-13(9-11)19-16(23-14)12-4-6-15(18-10-12)20-7-1-2-8-20/h3-6,9-10H,1-2,7-8H2,(H,21,22). The quantitative estimate of drug-likeness (QED) is 0.800. The lowest BCUT2D eigenvalue weighted by molar-refractivity contribution is 0.0697. The van der Waals surface area contributed by atoms with Crippen molar-refractivity contribution in [3.05, 3.63) is 42.1 Å². The number of aromatic carboxylic acids is 1. The van der Waals surface area contributed by atoms with Gasteiger partial charge in [0.2, 0.25) is 5.89 Å². The highest BCUT2D eigenvalue weighted by Gasteiger charge is 2.15. The van der Waals surface area contributed by atoms with E-state index in [-0.39, 0.29) is 5.56 Å². The first-order valence-electron chi connectivity index (χ1n) is 7.56. The summed E-state index contributed by atoms with van der Waals surface area (Å²) in [5.74, 6) is 0.437. The first-order chi connectivity index (χ1) is 11.2. The molecule has 1 aromatic carbocycles. The minimum Gasteiger partial charge on any atom is -0.478 e. The molecule has 6 nitrogen and oxygen atoms in total. The van der Waals surface area contributed by atoms with Crippen molar-refractivity contribution >= 4 is 22.9 Å². The van der Waals surface area contributed by atoms with Crippen molar-refractivity contribution in [3.63, 3.8) is 0 Å². The molecule has 0 saturated carbocycles. The fourth-order valence-electron chi connectivity index (χ4n) is 2.83. The Labute approximate surface area is 132 Å². The fraction of sp³-hybridized carbons (Fsp3) is 0.235. The maximum absolute atomic E-state index is 11.0. The first kappa shape index (κ1) is 13.8. The van der Waals surface area contributed by atoms with Crippen LogP contribution in [0.4, 0.5) is 5.82 Å². The monoisotopic (exact) mass is 309 g/mol. The van der Waals surface area contributed by atoms with Gasteiger partial charge in [-0.2, -0.15) is 0 Å². The molecule has 2 aromatic heterocycles. The predicted molar refractivity (Wildman–Crippen MR) is 85.6 cm³/mol. The van der Waals surface area contributed by atoms with Gasteiger partial charge in [0.25, 0.3) is 0 Å². The van der Waals surface area contributed by atoms with Crippen LogP contribution in [0.1, 0.15) is 23.2 Å². The van der Waals surface area contributed by atoms with Gasteiger partial charge in [0.05, 0.1) is 11.1 Å². The Balaban J connectivity index is 1.66. The summed E-state index contributed by atoms with van der Waals surface area (Å²) in [5, 5.41) is 9.03. The molecule has 1 aliphatic rings. The van der Waals surface area contributed by atoms with E-state index in [1.165, 1.54) is 25.0 Å². The van der Waals surface area contributed by atoms with Crippen LogP contribution in [0.25, 0.3) is 22.6 Å². The third-order valence-electron chi connectivity index (χ3n) is 4.06. The molecule has 3 aromatic rings. The Morgan fingerprint density at radius 1 is 1.17 bits per heavy atom. The summed E-state index contributed by atoms with van der Waals surface area (Å²) in [6.45, 7) is 2.10. The number of oxazole rings is 1. The highest BCUT2D eigenvalue weighted by molar-refractivity contribution is 5.92. The minimum absolute atomic E-state index is 0.194. The number of fused-ring (bicyclic) bond motifs is 1. The fourth-order valence-corrected chi connectivity index (χ4v) is 2.83. The van der Waals surface area contributed by atoms with Gasteiger partial charge >= 0.3 is 5.97 Å². The van der Waals surface area contributed by atoms with E-state index < -0.39 is 5.97 Å². The largest absolute Gasteiger partial charge is 0.478 e. The molecule has 0 amide bonds. The molecule has 1 aliphatic heterocycles. The van der Waals surface area contributed by atoms with Crippen molar-refractivity contribution in [3.8, 4) is 11.5 Å². The normalized spacial score (nSPS) is 14.5.